The molecule has 1 fully saturated rings. The molecule has 0 aromatic rings. The van der Waals surface area contributed by atoms with Gasteiger partial charge in [-0.05, 0) is 51.4 Å². The van der Waals surface area contributed by atoms with Crippen LogP contribution in [0.5, 0.6) is 0 Å². The average Bonchev–Trinajstić information content (AvgIpc) is 2.89. The molecule has 208 valence electrons. The fraction of sp³-hybridized carbons (Fsp3) is 0.733. The van der Waals surface area contributed by atoms with Gasteiger partial charge in [0.25, 0.3) is 0 Å². The Labute approximate surface area is 220 Å². The van der Waals surface area contributed by atoms with Gasteiger partial charge in [-0.15, -0.1) is 0 Å². The van der Waals surface area contributed by atoms with Crippen LogP contribution in [0, 0.1) is 0 Å². The second kappa shape index (κ2) is 22.9. The van der Waals surface area contributed by atoms with E-state index in [1.807, 2.05) is 0 Å². The molecule has 1 aliphatic heterocycles. The quantitative estimate of drug-likeness (QED) is 0.145. The Morgan fingerprint density at radius 3 is 1.33 bits per heavy atom. The minimum absolute atomic E-state index is 0.174. The van der Waals surface area contributed by atoms with E-state index in [-0.39, 0.29) is 6.61 Å². The molecule has 1 N–H and O–H groups in total. The van der Waals surface area contributed by atoms with Gasteiger partial charge in [0.05, 0.1) is 33.0 Å². The largest absolute Gasteiger partial charge is 0.394 e. The fourth-order valence-corrected chi connectivity index (χ4v) is 3.93. The summed E-state index contributed by atoms with van der Waals surface area (Å²) in [6.07, 6.45) is 21.7. The summed E-state index contributed by atoms with van der Waals surface area (Å²) in [5.74, 6) is 0. The maximum absolute atomic E-state index is 10.2. The van der Waals surface area contributed by atoms with Gasteiger partial charge in [0, 0.05) is 0 Å². The molecule has 1 heterocycles. The van der Waals surface area contributed by atoms with E-state index in [0.717, 1.165) is 51.4 Å². The van der Waals surface area contributed by atoms with Crippen LogP contribution < -0.4 is 0 Å². The molecular formula is C30H52O6. The lowest BCUT2D eigenvalue weighted by molar-refractivity contribution is -0.321. The van der Waals surface area contributed by atoms with E-state index in [9.17, 15) is 5.11 Å². The Bertz CT molecular complexity index is 615. The summed E-state index contributed by atoms with van der Waals surface area (Å²) in [6, 6.07) is 0. The Hall–Kier alpha value is -1.28. The van der Waals surface area contributed by atoms with Crippen LogP contribution in [0.25, 0.3) is 0 Å². The molecule has 6 heteroatoms. The van der Waals surface area contributed by atoms with E-state index in [2.05, 4.69) is 76.3 Å². The Morgan fingerprint density at radius 1 is 0.528 bits per heavy atom. The van der Waals surface area contributed by atoms with Crippen molar-refractivity contribution >= 4 is 0 Å². The highest BCUT2D eigenvalue weighted by Gasteiger charge is 2.48. The van der Waals surface area contributed by atoms with E-state index in [1.54, 1.807) is 0 Å². The molecule has 0 aromatic carbocycles. The van der Waals surface area contributed by atoms with Crippen LogP contribution in [0.2, 0.25) is 0 Å². The molecule has 6 nitrogen and oxygen atoms in total. The molecule has 1 saturated heterocycles. The fourth-order valence-electron chi connectivity index (χ4n) is 3.93. The average molecular weight is 509 g/mol. The van der Waals surface area contributed by atoms with Crippen LogP contribution >= 0.6 is 0 Å². The van der Waals surface area contributed by atoms with Crippen molar-refractivity contribution in [2.45, 2.75) is 110 Å². The van der Waals surface area contributed by atoms with Gasteiger partial charge in [0.1, 0.15) is 24.4 Å². The van der Waals surface area contributed by atoms with Crippen molar-refractivity contribution in [1.29, 1.82) is 0 Å². The molecule has 1 unspecified atom stereocenters. The smallest absolute Gasteiger partial charge is 0.186 e. The van der Waals surface area contributed by atoms with Crippen LogP contribution in [-0.4, -0.2) is 68.8 Å². The number of rotatable bonds is 21. The van der Waals surface area contributed by atoms with E-state index in [1.165, 1.54) is 0 Å². The monoisotopic (exact) mass is 508 g/mol. The van der Waals surface area contributed by atoms with E-state index in [0.29, 0.717) is 26.4 Å². The molecule has 0 radical (unpaired) electrons. The molecule has 0 saturated carbocycles. The van der Waals surface area contributed by atoms with Crippen molar-refractivity contribution in [3.63, 3.8) is 0 Å². The normalized spacial score (nSPS) is 25.3. The molecule has 0 aliphatic carbocycles. The summed E-state index contributed by atoms with van der Waals surface area (Å²) in [7, 11) is 0. The first-order chi connectivity index (χ1) is 17.7. The van der Waals surface area contributed by atoms with Crippen LogP contribution in [0.4, 0.5) is 0 Å². The SMILES string of the molecule is CC/C=C\CCOC1O[C@H](CO)[C@H](OCC/C=C\CC)[C@H](OCC/C=C\CC)[C@H]1OCC/C=C\CC. The maximum Gasteiger partial charge on any atom is 0.186 e. The van der Waals surface area contributed by atoms with Crippen LogP contribution in [0.15, 0.2) is 48.6 Å². The molecule has 1 aliphatic rings. The summed E-state index contributed by atoms with van der Waals surface area (Å²) in [5, 5.41) is 10.2. The third kappa shape index (κ3) is 13.9. The molecule has 0 spiro atoms. The predicted octanol–water partition coefficient (Wildman–Crippen LogP) is 6.30. The zero-order valence-electron chi connectivity index (χ0n) is 23.2. The van der Waals surface area contributed by atoms with Crippen molar-refractivity contribution in [3.05, 3.63) is 48.6 Å². The van der Waals surface area contributed by atoms with Crippen molar-refractivity contribution in [2.24, 2.45) is 0 Å². The van der Waals surface area contributed by atoms with E-state index < -0.39 is 30.7 Å². The maximum atomic E-state index is 10.2. The zero-order valence-corrected chi connectivity index (χ0v) is 23.2. The van der Waals surface area contributed by atoms with Crippen LogP contribution in [0.1, 0.15) is 79.1 Å². The first kappa shape index (κ1) is 32.7. The Kier molecular flexibility index (Phi) is 20.8. The molecular weight excluding hydrogens is 456 g/mol. The van der Waals surface area contributed by atoms with E-state index in [4.69, 9.17) is 23.7 Å². The summed E-state index contributed by atoms with van der Waals surface area (Å²) in [6.45, 7) is 10.4. The van der Waals surface area contributed by atoms with Gasteiger partial charge in [-0.2, -0.15) is 0 Å². The van der Waals surface area contributed by atoms with Gasteiger partial charge in [-0.25, -0.2) is 0 Å². The standard InChI is InChI=1S/C30H52O6/c1-5-9-13-17-21-32-27-26(25-31)36-30(35-24-20-16-12-8-4)29(34-23-19-15-11-7-3)28(27)33-22-18-14-10-6-2/h9-16,26-31H,5-8,17-25H2,1-4H3/b13-9-,14-10-,15-11-,16-12-/t26-,27+,28+,29-,30?/m1/s1. The van der Waals surface area contributed by atoms with Crippen molar-refractivity contribution < 1.29 is 28.8 Å². The highest BCUT2D eigenvalue weighted by Crippen LogP contribution is 2.29. The van der Waals surface area contributed by atoms with Gasteiger partial charge in [-0.1, -0.05) is 76.3 Å². The third-order valence-electron chi connectivity index (χ3n) is 5.73. The summed E-state index contributed by atoms with van der Waals surface area (Å²) in [4.78, 5) is 0. The van der Waals surface area contributed by atoms with E-state index >= 15 is 0 Å². The van der Waals surface area contributed by atoms with Crippen molar-refractivity contribution in [1.82, 2.24) is 0 Å². The van der Waals surface area contributed by atoms with Crippen molar-refractivity contribution in [2.75, 3.05) is 33.0 Å². The first-order valence-electron chi connectivity index (χ1n) is 14.1. The van der Waals surface area contributed by atoms with Gasteiger partial charge >= 0.3 is 0 Å². The third-order valence-corrected chi connectivity index (χ3v) is 5.73. The molecule has 0 bridgehead atoms. The Balaban J connectivity index is 3.03. The minimum Gasteiger partial charge on any atom is -0.394 e. The number of hydrogen-bond donors (Lipinski definition) is 1. The number of aliphatic hydroxyl groups is 1. The lowest BCUT2D eigenvalue weighted by atomic mass is 9.98. The molecule has 1 rings (SSSR count). The van der Waals surface area contributed by atoms with Gasteiger partial charge in [0.2, 0.25) is 0 Å². The summed E-state index contributed by atoms with van der Waals surface area (Å²) < 4.78 is 31.4. The summed E-state index contributed by atoms with van der Waals surface area (Å²) in [5.41, 5.74) is 0. The highest BCUT2D eigenvalue weighted by atomic mass is 16.7. The molecule has 0 amide bonds. The van der Waals surface area contributed by atoms with Gasteiger partial charge < -0.3 is 28.8 Å². The van der Waals surface area contributed by atoms with Gasteiger partial charge in [-0.3, -0.25) is 0 Å². The molecule has 0 aromatic heterocycles. The molecule has 36 heavy (non-hydrogen) atoms. The predicted molar refractivity (Wildman–Crippen MR) is 147 cm³/mol. The minimum atomic E-state index is -0.636. The molecule has 5 atom stereocenters. The number of hydrogen-bond acceptors (Lipinski definition) is 6. The summed E-state index contributed by atoms with van der Waals surface area (Å²) >= 11 is 0. The number of aliphatic hydroxyl groups excluding tert-OH is 1. The second-order valence-electron chi connectivity index (χ2n) is 8.78. The number of ether oxygens (including phenoxy) is 5. The lowest BCUT2D eigenvalue weighted by Gasteiger charge is -2.45. The number of allylic oxidation sites excluding steroid dienone is 4. The first-order valence-corrected chi connectivity index (χ1v) is 14.1. The van der Waals surface area contributed by atoms with Crippen LogP contribution in [0.3, 0.4) is 0 Å². The topological polar surface area (TPSA) is 66.4 Å². The lowest BCUT2D eigenvalue weighted by Crippen LogP contribution is -2.62. The zero-order chi connectivity index (χ0) is 26.3. The Morgan fingerprint density at radius 2 is 0.917 bits per heavy atom. The van der Waals surface area contributed by atoms with Gasteiger partial charge in [0.15, 0.2) is 6.29 Å². The second-order valence-corrected chi connectivity index (χ2v) is 8.78. The van der Waals surface area contributed by atoms with Crippen LogP contribution in [-0.2, 0) is 23.7 Å². The van der Waals surface area contributed by atoms with Crippen molar-refractivity contribution in [3.8, 4) is 0 Å². The highest BCUT2D eigenvalue weighted by molar-refractivity contribution is 4.94.